The van der Waals surface area contributed by atoms with E-state index < -0.39 is 5.82 Å². The third-order valence-electron chi connectivity index (χ3n) is 2.36. The van der Waals surface area contributed by atoms with E-state index in [1.807, 2.05) is 6.92 Å². The maximum atomic E-state index is 12.7. The van der Waals surface area contributed by atoms with Crippen LogP contribution < -0.4 is 0 Å². The maximum Gasteiger partial charge on any atom is 0.252 e. The summed E-state index contributed by atoms with van der Waals surface area (Å²) >= 11 is 0. The van der Waals surface area contributed by atoms with Crippen molar-refractivity contribution in [2.45, 2.75) is 27.2 Å². The van der Waals surface area contributed by atoms with Crippen molar-refractivity contribution in [3.05, 3.63) is 29.6 Å². The van der Waals surface area contributed by atoms with Crippen molar-refractivity contribution in [3.63, 3.8) is 0 Å². The summed E-state index contributed by atoms with van der Waals surface area (Å²) in [7, 11) is 0. The second kappa shape index (κ2) is 4.57. The molecule has 5 nitrogen and oxygen atoms in total. The maximum absolute atomic E-state index is 12.7. The molecule has 0 saturated carbocycles. The molecule has 0 spiro atoms. The molecule has 0 aliphatic carbocycles. The smallest absolute Gasteiger partial charge is 0.217 e. The van der Waals surface area contributed by atoms with Gasteiger partial charge in [-0.15, -0.1) is 5.10 Å². The first-order chi connectivity index (χ1) is 8.08. The van der Waals surface area contributed by atoms with E-state index in [0.717, 1.165) is 30.2 Å². The lowest BCUT2D eigenvalue weighted by Gasteiger charge is -2.07. The molecule has 0 fully saturated rings. The van der Waals surface area contributed by atoms with Gasteiger partial charge in [0.1, 0.15) is 0 Å². The zero-order valence-electron chi connectivity index (χ0n) is 10.1. The minimum atomic E-state index is -0.462. The lowest BCUT2D eigenvalue weighted by molar-refractivity contribution is 0.590. The summed E-state index contributed by atoms with van der Waals surface area (Å²) in [5.41, 5.74) is 1.82. The highest BCUT2D eigenvalue weighted by Gasteiger charge is 2.14. The summed E-state index contributed by atoms with van der Waals surface area (Å²) < 4.78 is 14.3. The van der Waals surface area contributed by atoms with Gasteiger partial charge >= 0.3 is 0 Å². The van der Waals surface area contributed by atoms with Crippen LogP contribution in [0.1, 0.15) is 25.2 Å². The van der Waals surface area contributed by atoms with E-state index in [0.29, 0.717) is 11.9 Å². The van der Waals surface area contributed by atoms with Crippen molar-refractivity contribution in [2.75, 3.05) is 0 Å². The largest absolute Gasteiger partial charge is 0.252 e. The van der Waals surface area contributed by atoms with Gasteiger partial charge in [-0.25, -0.2) is 14.4 Å². The second-order valence-electron chi connectivity index (χ2n) is 4.33. The standard InChI is InChI=1S/C11H14FN5/c1-7(2)4-10-8(3)15-16-17(10)11-13-5-9(12)6-14-11/h5-7H,4H2,1-3H3. The number of aryl methyl sites for hydroxylation is 1. The fraction of sp³-hybridized carbons (Fsp3) is 0.455. The highest BCUT2D eigenvalue weighted by Crippen LogP contribution is 2.13. The fourth-order valence-corrected chi connectivity index (χ4v) is 1.57. The minimum Gasteiger partial charge on any atom is -0.217 e. The van der Waals surface area contributed by atoms with Crippen LogP contribution in [0.3, 0.4) is 0 Å². The van der Waals surface area contributed by atoms with Crippen molar-refractivity contribution in [1.29, 1.82) is 0 Å². The zero-order valence-corrected chi connectivity index (χ0v) is 10.1. The third kappa shape index (κ3) is 2.46. The highest BCUT2D eigenvalue weighted by atomic mass is 19.1. The van der Waals surface area contributed by atoms with E-state index in [4.69, 9.17) is 0 Å². The number of halogens is 1. The number of aromatic nitrogens is 5. The molecule has 0 unspecified atom stereocenters. The average Bonchev–Trinajstić information content (AvgIpc) is 2.61. The molecule has 2 rings (SSSR count). The van der Waals surface area contributed by atoms with Gasteiger partial charge in [-0.2, -0.15) is 4.68 Å². The zero-order chi connectivity index (χ0) is 12.4. The molecule has 0 aliphatic rings. The number of hydrogen-bond donors (Lipinski definition) is 0. The quantitative estimate of drug-likeness (QED) is 0.812. The Morgan fingerprint density at radius 1 is 1.29 bits per heavy atom. The first-order valence-corrected chi connectivity index (χ1v) is 5.47. The van der Waals surface area contributed by atoms with Gasteiger partial charge in [0.15, 0.2) is 5.82 Å². The van der Waals surface area contributed by atoms with Crippen LogP contribution in [-0.2, 0) is 6.42 Å². The third-order valence-corrected chi connectivity index (χ3v) is 2.36. The molecule has 0 N–H and O–H groups in total. The molecule has 0 aliphatic heterocycles. The Hall–Kier alpha value is -1.85. The Morgan fingerprint density at radius 2 is 1.94 bits per heavy atom. The van der Waals surface area contributed by atoms with E-state index in [9.17, 15) is 4.39 Å². The van der Waals surface area contributed by atoms with E-state index in [1.54, 1.807) is 4.68 Å². The SMILES string of the molecule is Cc1nnn(-c2ncc(F)cn2)c1CC(C)C. The minimum absolute atomic E-state index is 0.350. The van der Waals surface area contributed by atoms with Crippen molar-refractivity contribution in [1.82, 2.24) is 25.0 Å². The van der Waals surface area contributed by atoms with E-state index in [1.165, 1.54) is 0 Å². The number of rotatable bonds is 3. The molecule has 0 radical (unpaired) electrons. The van der Waals surface area contributed by atoms with Crippen LogP contribution in [0.4, 0.5) is 4.39 Å². The molecule has 90 valence electrons. The van der Waals surface area contributed by atoms with Crippen LogP contribution in [0.2, 0.25) is 0 Å². The molecule has 2 aromatic heterocycles. The first kappa shape index (κ1) is 11.6. The monoisotopic (exact) mass is 235 g/mol. The molecule has 0 amide bonds. The Balaban J connectivity index is 2.41. The average molecular weight is 235 g/mol. The molecule has 2 heterocycles. The summed E-state index contributed by atoms with van der Waals surface area (Å²) in [6, 6.07) is 0. The number of nitrogens with zero attached hydrogens (tertiary/aromatic N) is 5. The van der Waals surface area contributed by atoms with Crippen molar-refractivity contribution in [3.8, 4) is 5.95 Å². The molecule has 0 saturated heterocycles. The van der Waals surface area contributed by atoms with Crippen LogP contribution in [0, 0.1) is 18.7 Å². The summed E-state index contributed by atoms with van der Waals surface area (Å²) in [5.74, 6) is 0.366. The lowest BCUT2D eigenvalue weighted by atomic mass is 10.1. The topological polar surface area (TPSA) is 56.5 Å². The van der Waals surface area contributed by atoms with Crippen molar-refractivity contribution in [2.24, 2.45) is 5.92 Å². The Morgan fingerprint density at radius 3 is 2.53 bits per heavy atom. The highest BCUT2D eigenvalue weighted by molar-refractivity contribution is 5.18. The molecule has 6 heteroatoms. The van der Waals surface area contributed by atoms with Gasteiger partial charge < -0.3 is 0 Å². The van der Waals surface area contributed by atoms with E-state index in [-0.39, 0.29) is 0 Å². The second-order valence-corrected chi connectivity index (χ2v) is 4.33. The van der Waals surface area contributed by atoms with Gasteiger partial charge in [0, 0.05) is 0 Å². The molecular formula is C11H14FN5. The van der Waals surface area contributed by atoms with Gasteiger partial charge in [-0.05, 0) is 19.3 Å². The summed E-state index contributed by atoms with van der Waals surface area (Å²) in [6.45, 7) is 6.12. The van der Waals surface area contributed by atoms with Crippen molar-refractivity contribution >= 4 is 0 Å². The molecule has 0 aromatic carbocycles. The van der Waals surface area contributed by atoms with Crippen LogP contribution in [0.25, 0.3) is 5.95 Å². The summed E-state index contributed by atoms with van der Waals surface area (Å²) in [6.07, 6.45) is 3.08. The molecule has 2 aromatic rings. The van der Waals surface area contributed by atoms with E-state index >= 15 is 0 Å². The Labute approximate surface area is 98.7 Å². The number of hydrogen-bond acceptors (Lipinski definition) is 4. The molecule has 0 atom stereocenters. The predicted octanol–water partition coefficient (Wildman–Crippen LogP) is 1.70. The van der Waals surface area contributed by atoms with Crippen LogP contribution in [0.5, 0.6) is 0 Å². The lowest BCUT2D eigenvalue weighted by Crippen LogP contribution is -2.09. The molecule has 0 bridgehead atoms. The molecule has 17 heavy (non-hydrogen) atoms. The Bertz CT molecular complexity index is 503. The van der Waals surface area contributed by atoms with Gasteiger partial charge in [-0.1, -0.05) is 19.1 Å². The summed E-state index contributed by atoms with van der Waals surface area (Å²) in [5, 5.41) is 8.00. The van der Waals surface area contributed by atoms with Crippen LogP contribution in [-0.4, -0.2) is 25.0 Å². The Kier molecular flexibility index (Phi) is 3.12. The van der Waals surface area contributed by atoms with Gasteiger partial charge in [0.05, 0.1) is 23.8 Å². The fourth-order valence-electron chi connectivity index (χ4n) is 1.57. The summed E-state index contributed by atoms with van der Waals surface area (Å²) in [4.78, 5) is 7.81. The van der Waals surface area contributed by atoms with Gasteiger partial charge in [0.2, 0.25) is 0 Å². The van der Waals surface area contributed by atoms with Crippen molar-refractivity contribution < 1.29 is 4.39 Å². The van der Waals surface area contributed by atoms with Crippen LogP contribution in [0.15, 0.2) is 12.4 Å². The molecular weight excluding hydrogens is 221 g/mol. The van der Waals surface area contributed by atoms with Gasteiger partial charge in [-0.3, -0.25) is 0 Å². The normalized spacial score (nSPS) is 11.1. The predicted molar refractivity (Wildman–Crippen MR) is 60.2 cm³/mol. The van der Waals surface area contributed by atoms with E-state index in [2.05, 4.69) is 34.1 Å². The van der Waals surface area contributed by atoms with Crippen LogP contribution >= 0.6 is 0 Å². The van der Waals surface area contributed by atoms with Gasteiger partial charge in [0.25, 0.3) is 5.95 Å². The first-order valence-electron chi connectivity index (χ1n) is 5.47.